The summed E-state index contributed by atoms with van der Waals surface area (Å²) in [6, 6.07) is 5.13. The molecule has 2 rings (SSSR count). The number of hydrogen-bond acceptors (Lipinski definition) is 5. The molecule has 1 heterocycles. The van der Waals surface area contributed by atoms with Gasteiger partial charge in [-0.3, -0.25) is 0 Å². The van der Waals surface area contributed by atoms with E-state index in [-0.39, 0.29) is 11.9 Å². The molecule has 10 heteroatoms. The summed E-state index contributed by atoms with van der Waals surface area (Å²) < 4.78 is 6.57. The van der Waals surface area contributed by atoms with Crippen LogP contribution in [-0.2, 0) is 0 Å². The van der Waals surface area contributed by atoms with Crippen molar-refractivity contribution in [2.75, 3.05) is 7.11 Å². The molecule has 20 heavy (non-hydrogen) atoms. The fraction of sp³-hybridized carbons (Fsp3) is 0.100. The normalized spacial score (nSPS) is 11.2. The second kappa shape index (κ2) is 5.65. The first kappa shape index (κ1) is 13.3. The Morgan fingerprint density at radius 3 is 2.70 bits per heavy atom. The number of nitrogens with two attached hydrogens (primary N) is 3. The predicted molar refractivity (Wildman–Crippen MR) is 72.8 cm³/mol. The molecule has 0 saturated heterocycles. The second-order valence-corrected chi connectivity index (χ2v) is 3.62. The number of nitrogens with zero attached hydrogens (tertiary/aromatic N) is 6. The lowest BCUT2D eigenvalue weighted by molar-refractivity contribution is 0.415. The molecular weight excluding hydrogens is 262 g/mol. The van der Waals surface area contributed by atoms with Crippen LogP contribution in [-0.4, -0.2) is 39.2 Å². The quantitative estimate of drug-likeness (QED) is 0.473. The number of ether oxygens (including phenoxy) is 1. The molecule has 0 saturated carbocycles. The van der Waals surface area contributed by atoms with Gasteiger partial charge in [0.15, 0.2) is 5.96 Å². The van der Waals surface area contributed by atoms with Gasteiger partial charge in [-0.15, -0.1) is 5.10 Å². The molecule has 0 atom stereocenters. The summed E-state index contributed by atoms with van der Waals surface area (Å²) in [5, 5.41) is 10.9. The van der Waals surface area contributed by atoms with E-state index in [0.717, 1.165) is 0 Å². The molecule has 0 aliphatic carbocycles. The highest BCUT2D eigenvalue weighted by atomic mass is 16.5. The molecule has 10 nitrogen and oxygen atoms in total. The minimum absolute atomic E-state index is 0.0902. The first-order valence-electron chi connectivity index (χ1n) is 5.45. The Kier molecular flexibility index (Phi) is 3.75. The van der Waals surface area contributed by atoms with E-state index >= 15 is 0 Å². The lowest BCUT2D eigenvalue weighted by Crippen LogP contribution is -2.26. The number of rotatable bonds is 3. The predicted octanol–water partition coefficient (Wildman–Crippen LogP) is -1.11. The average molecular weight is 275 g/mol. The molecule has 104 valence electrons. The van der Waals surface area contributed by atoms with E-state index in [1.165, 1.54) is 11.0 Å². The van der Waals surface area contributed by atoms with Crippen LogP contribution in [0.2, 0.25) is 0 Å². The molecule has 0 aliphatic heterocycles. The molecule has 2 aromatic rings. The summed E-state index contributed by atoms with van der Waals surface area (Å²) in [6.45, 7) is 0. The van der Waals surface area contributed by atoms with Gasteiger partial charge in [0, 0.05) is 6.07 Å². The Morgan fingerprint density at radius 1 is 1.30 bits per heavy atom. The van der Waals surface area contributed by atoms with Crippen LogP contribution < -0.4 is 21.9 Å². The Balaban J connectivity index is 2.51. The van der Waals surface area contributed by atoms with Crippen molar-refractivity contribution >= 4 is 17.6 Å². The lowest BCUT2D eigenvalue weighted by atomic mass is 10.2. The summed E-state index contributed by atoms with van der Waals surface area (Å²) in [5.74, 6) is 0.323. The van der Waals surface area contributed by atoms with Crippen LogP contribution in [0.1, 0.15) is 0 Å². The lowest BCUT2D eigenvalue weighted by Gasteiger charge is -2.07. The zero-order chi connectivity index (χ0) is 14.5. The summed E-state index contributed by atoms with van der Waals surface area (Å²) in [6.07, 6.45) is 1.43. The summed E-state index contributed by atoms with van der Waals surface area (Å²) >= 11 is 0. The number of hydrogen-bond donors (Lipinski definition) is 3. The fourth-order valence-corrected chi connectivity index (χ4v) is 1.47. The zero-order valence-electron chi connectivity index (χ0n) is 10.6. The monoisotopic (exact) mass is 275 g/mol. The van der Waals surface area contributed by atoms with Gasteiger partial charge in [-0.05, 0) is 22.6 Å². The van der Waals surface area contributed by atoms with Crippen LogP contribution in [0.5, 0.6) is 5.75 Å². The van der Waals surface area contributed by atoms with E-state index < -0.39 is 0 Å². The number of methoxy groups -OCH3 is 1. The van der Waals surface area contributed by atoms with Crippen LogP contribution in [0.3, 0.4) is 0 Å². The molecule has 0 radical (unpaired) electrons. The van der Waals surface area contributed by atoms with Gasteiger partial charge in [0.25, 0.3) is 0 Å². The van der Waals surface area contributed by atoms with Crippen molar-refractivity contribution < 1.29 is 4.74 Å². The third kappa shape index (κ3) is 2.98. The van der Waals surface area contributed by atoms with Crippen molar-refractivity contribution in [2.24, 2.45) is 27.2 Å². The van der Waals surface area contributed by atoms with Crippen LogP contribution in [0.25, 0.3) is 5.69 Å². The van der Waals surface area contributed by atoms with Gasteiger partial charge in [0.1, 0.15) is 12.1 Å². The van der Waals surface area contributed by atoms with Gasteiger partial charge < -0.3 is 21.9 Å². The molecule has 0 fully saturated rings. The van der Waals surface area contributed by atoms with Crippen LogP contribution in [0.4, 0.5) is 5.69 Å². The minimum Gasteiger partial charge on any atom is -0.497 e. The van der Waals surface area contributed by atoms with Gasteiger partial charge in [0.05, 0.1) is 18.5 Å². The summed E-state index contributed by atoms with van der Waals surface area (Å²) in [5.41, 5.74) is 17.2. The molecule has 0 spiro atoms. The summed E-state index contributed by atoms with van der Waals surface area (Å²) in [7, 11) is 1.54. The smallest absolute Gasteiger partial charge is 0.223 e. The van der Waals surface area contributed by atoms with E-state index in [9.17, 15) is 0 Å². The molecule has 0 aliphatic rings. The standard InChI is InChI=1S/C10H13N9O/c1-20-6-2-3-8(19-5-14-17-18-19)7(4-6)15-10(13)16-9(11)12/h2-5H,1H3,(H6,11,12,13,15,16). The Hall–Kier alpha value is -3.17. The Bertz CT molecular complexity index is 643. The number of benzene rings is 1. The third-order valence-corrected chi connectivity index (χ3v) is 2.26. The largest absolute Gasteiger partial charge is 0.497 e. The third-order valence-electron chi connectivity index (χ3n) is 2.26. The van der Waals surface area contributed by atoms with E-state index in [1.54, 1.807) is 25.3 Å². The average Bonchev–Trinajstić information content (AvgIpc) is 2.91. The van der Waals surface area contributed by atoms with Gasteiger partial charge >= 0.3 is 0 Å². The first-order valence-corrected chi connectivity index (χ1v) is 5.45. The van der Waals surface area contributed by atoms with Gasteiger partial charge in [-0.1, -0.05) is 0 Å². The SMILES string of the molecule is COc1ccc(-n2cnnn2)c(N=C(N)N=C(N)N)c1. The molecule has 0 bridgehead atoms. The second-order valence-electron chi connectivity index (χ2n) is 3.62. The number of aromatic nitrogens is 4. The highest BCUT2D eigenvalue weighted by molar-refractivity contribution is 5.94. The maximum Gasteiger partial charge on any atom is 0.223 e. The van der Waals surface area contributed by atoms with Gasteiger partial charge in [0.2, 0.25) is 5.96 Å². The molecule has 6 N–H and O–H groups in total. The highest BCUT2D eigenvalue weighted by Crippen LogP contribution is 2.27. The Labute approximate surface area is 113 Å². The molecular formula is C10H13N9O. The first-order chi connectivity index (χ1) is 9.60. The minimum atomic E-state index is -0.182. The topological polar surface area (TPSA) is 156 Å². The molecule has 0 amide bonds. The Morgan fingerprint density at radius 2 is 2.10 bits per heavy atom. The van der Waals surface area contributed by atoms with Gasteiger partial charge in [-0.2, -0.15) is 9.67 Å². The molecule has 1 aromatic carbocycles. The van der Waals surface area contributed by atoms with E-state index in [4.69, 9.17) is 21.9 Å². The van der Waals surface area contributed by atoms with Crippen molar-refractivity contribution in [3.63, 3.8) is 0 Å². The van der Waals surface area contributed by atoms with Crippen molar-refractivity contribution in [1.82, 2.24) is 20.2 Å². The number of tetrazole rings is 1. The van der Waals surface area contributed by atoms with Crippen LogP contribution >= 0.6 is 0 Å². The fourth-order valence-electron chi connectivity index (χ4n) is 1.47. The van der Waals surface area contributed by atoms with Crippen molar-refractivity contribution in [3.8, 4) is 11.4 Å². The number of guanidine groups is 2. The highest BCUT2D eigenvalue weighted by Gasteiger charge is 2.08. The van der Waals surface area contributed by atoms with Crippen LogP contribution in [0, 0.1) is 0 Å². The molecule has 1 aromatic heterocycles. The maximum absolute atomic E-state index is 5.62. The van der Waals surface area contributed by atoms with E-state index in [2.05, 4.69) is 25.5 Å². The summed E-state index contributed by atoms with van der Waals surface area (Å²) in [4.78, 5) is 7.76. The van der Waals surface area contributed by atoms with Crippen molar-refractivity contribution in [3.05, 3.63) is 24.5 Å². The zero-order valence-corrected chi connectivity index (χ0v) is 10.6. The number of aliphatic imine (C=N–C) groups is 2. The van der Waals surface area contributed by atoms with E-state index in [0.29, 0.717) is 17.1 Å². The van der Waals surface area contributed by atoms with Crippen molar-refractivity contribution in [2.45, 2.75) is 0 Å². The van der Waals surface area contributed by atoms with Crippen LogP contribution in [0.15, 0.2) is 34.5 Å². The maximum atomic E-state index is 5.62. The van der Waals surface area contributed by atoms with E-state index in [1.807, 2.05) is 0 Å². The van der Waals surface area contributed by atoms with Crippen molar-refractivity contribution in [1.29, 1.82) is 0 Å². The molecule has 0 unspecified atom stereocenters. The van der Waals surface area contributed by atoms with Gasteiger partial charge in [-0.25, -0.2) is 4.99 Å².